The number of esters is 1. The average molecular weight is 488 g/mol. The number of ether oxygens (including phenoxy) is 1. The van der Waals surface area contributed by atoms with E-state index in [0.717, 1.165) is 10.1 Å². The lowest BCUT2D eigenvalue weighted by Gasteiger charge is -2.35. The van der Waals surface area contributed by atoms with Crippen LogP contribution in [0.4, 0.5) is 5.82 Å². The first-order chi connectivity index (χ1) is 17.4. The molecule has 0 saturated heterocycles. The lowest BCUT2D eigenvalue weighted by molar-refractivity contribution is -0.141. The number of benzene rings is 2. The third kappa shape index (κ3) is 4.02. The first kappa shape index (κ1) is 23.3. The van der Waals surface area contributed by atoms with Crippen molar-refractivity contribution in [3.8, 4) is 5.75 Å². The van der Waals surface area contributed by atoms with Crippen molar-refractivity contribution in [2.75, 3.05) is 12.4 Å². The zero-order valence-electron chi connectivity index (χ0n) is 19.7. The lowest BCUT2D eigenvalue weighted by Crippen LogP contribution is -2.47. The summed E-state index contributed by atoms with van der Waals surface area (Å²) in [6.45, 7) is -0.428. The maximum Gasteiger partial charge on any atom is 0.333 e. The van der Waals surface area contributed by atoms with Gasteiger partial charge in [-0.05, 0) is 36.1 Å². The third-order valence-corrected chi connectivity index (χ3v) is 6.67. The fraction of sp³-hybridized carbons (Fsp3) is 0.259. The van der Waals surface area contributed by atoms with Gasteiger partial charge in [0.1, 0.15) is 18.1 Å². The van der Waals surface area contributed by atoms with Crippen LogP contribution < -0.4 is 16.6 Å². The molecule has 1 atom stereocenters. The minimum atomic E-state index is -0.810. The number of nitrogens with zero attached hydrogens (tertiary/aromatic N) is 2. The fourth-order valence-corrected chi connectivity index (χ4v) is 5.01. The van der Waals surface area contributed by atoms with E-state index in [9.17, 15) is 24.3 Å². The molecule has 36 heavy (non-hydrogen) atoms. The molecule has 1 aliphatic carbocycles. The lowest BCUT2D eigenvalue weighted by atomic mass is 9.76. The largest absolute Gasteiger partial charge is 0.508 e. The van der Waals surface area contributed by atoms with Gasteiger partial charge in [-0.1, -0.05) is 42.5 Å². The Kier molecular flexibility index (Phi) is 6.05. The number of Topliss-reactive ketones (excluding diaryl/α,β-unsaturated/α-hetero) is 1. The number of aromatic hydroxyl groups is 1. The molecule has 2 aliphatic rings. The smallest absolute Gasteiger partial charge is 0.333 e. The number of allylic oxidation sites excluding steroid dienone is 2. The van der Waals surface area contributed by atoms with Gasteiger partial charge in [-0.2, -0.15) is 0 Å². The van der Waals surface area contributed by atoms with Gasteiger partial charge < -0.3 is 15.2 Å². The normalized spacial score (nSPS) is 16.7. The zero-order valence-corrected chi connectivity index (χ0v) is 19.7. The Balaban J connectivity index is 1.83. The fourth-order valence-electron chi connectivity index (χ4n) is 5.01. The van der Waals surface area contributed by atoms with Crippen LogP contribution in [0.1, 0.15) is 41.9 Å². The van der Waals surface area contributed by atoms with E-state index < -0.39 is 29.7 Å². The molecule has 9 heteroatoms. The predicted octanol–water partition coefficient (Wildman–Crippen LogP) is 2.50. The quantitative estimate of drug-likeness (QED) is 0.531. The van der Waals surface area contributed by atoms with Crippen molar-refractivity contribution in [3.05, 3.63) is 103 Å². The van der Waals surface area contributed by atoms with E-state index in [0.29, 0.717) is 36.1 Å². The Labute approximate surface area is 206 Å². The van der Waals surface area contributed by atoms with Gasteiger partial charge in [-0.3, -0.25) is 19.0 Å². The molecular weight excluding hydrogens is 462 g/mol. The molecule has 9 nitrogen and oxygen atoms in total. The summed E-state index contributed by atoms with van der Waals surface area (Å²) in [5, 5.41) is 13.4. The van der Waals surface area contributed by atoms with Crippen LogP contribution in [0.3, 0.4) is 0 Å². The summed E-state index contributed by atoms with van der Waals surface area (Å²) >= 11 is 0. The second-order valence-electron chi connectivity index (χ2n) is 8.91. The minimum absolute atomic E-state index is 0.00881. The number of phenolic OH excluding ortho intramolecular Hbond substituents is 1. The summed E-state index contributed by atoms with van der Waals surface area (Å²) in [4.78, 5) is 52.8. The van der Waals surface area contributed by atoms with Gasteiger partial charge in [-0.25, -0.2) is 9.36 Å². The molecule has 2 heterocycles. The van der Waals surface area contributed by atoms with Crippen molar-refractivity contribution >= 4 is 17.6 Å². The standard InChI is InChI=1S/C27H25N3O6/c1-36-21(33)15-30-26(34)24-22(17-9-5-10-18(31)13-17)23-19(11-6-12-20(23)32)28-25(24)29(27(30)35)14-16-7-3-2-4-8-16/h2-5,7-10,13,22,28,31H,6,11-12,14-15H2,1H3/t22-/m1/s1. The Hall–Kier alpha value is -4.40. The van der Waals surface area contributed by atoms with Gasteiger partial charge in [0.25, 0.3) is 5.56 Å². The van der Waals surface area contributed by atoms with Crippen molar-refractivity contribution in [2.24, 2.45) is 0 Å². The predicted molar refractivity (Wildman–Crippen MR) is 132 cm³/mol. The molecule has 0 saturated carbocycles. The molecule has 0 unspecified atom stereocenters. The van der Waals surface area contributed by atoms with E-state index in [1.807, 2.05) is 30.3 Å². The van der Waals surface area contributed by atoms with Crippen molar-refractivity contribution in [1.82, 2.24) is 9.13 Å². The van der Waals surface area contributed by atoms with Crippen LogP contribution in [0.15, 0.2) is 75.5 Å². The van der Waals surface area contributed by atoms with Gasteiger partial charge >= 0.3 is 11.7 Å². The number of nitrogens with one attached hydrogen (secondary N) is 1. The Morgan fingerprint density at radius 2 is 1.83 bits per heavy atom. The maximum absolute atomic E-state index is 13.8. The number of rotatable bonds is 5. The summed E-state index contributed by atoms with van der Waals surface area (Å²) in [5.41, 5.74) is 1.31. The van der Waals surface area contributed by atoms with Crippen molar-refractivity contribution < 1.29 is 19.4 Å². The van der Waals surface area contributed by atoms with Crippen LogP contribution >= 0.6 is 0 Å². The van der Waals surface area contributed by atoms with E-state index in [1.54, 1.807) is 12.1 Å². The summed E-state index contributed by atoms with van der Waals surface area (Å²) in [5.74, 6) is -1.37. The summed E-state index contributed by atoms with van der Waals surface area (Å²) in [6, 6.07) is 15.7. The van der Waals surface area contributed by atoms with Gasteiger partial charge in [0, 0.05) is 23.6 Å². The number of hydrogen-bond acceptors (Lipinski definition) is 7. The van der Waals surface area contributed by atoms with Crippen LogP contribution in [0.25, 0.3) is 0 Å². The van der Waals surface area contributed by atoms with Gasteiger partial charge in [-0.15, -0.1) is 0 Å². The van der Waals surface area contributed by atoms with Crippen LogP contribution in [-0.4, -0.2) is 33.1 Å². The first-order valence-corrected chi connectivity index (χ1v) is 11.7. The molecule has 2 aromatic carbocycles. The SMILES string of the molecule is COC(=O)Cn1c(=O)c2c(n(Cc3ccccc3)c1=O)NC1=C(C(=O)CCC1)[C@H]2c1cccc(O)c1. The van der Waals surface area contributed by atoms with Gasteiger partial charge in [0.15, 0.2) is 5.78 Å². The Bertz CT molecular complexity index is 1520. The van der Waals surface area contributed by atoms with Gasteiger partial charge in [0.05, 0.1) is 19.2 Å². The van der Waals surface area contributed by atoms with Crippen LogP contribution in [0.5, 0.6) is 5.75 Å². The highest BCUT2D eigenvalue weighted by Gasteiger charge is 2.39. The van der Waals surface area contributed by atoms with E-state index in [2.05, 4.69) is 5.32 Å². The number of aromatic nitrogens is 2. The number of fused-ring (bicyclic) bond motifs is 1. The Morgan fingerprint density at radius 3 is 2.56 bits per heavy atom. The Morgan fingerprint density at radius 1 is 1.06 bits per heavy atom. The molecule has 1 aliphatic heterocycles. The average Bonchev–Trinajstić information content (AvgIpc) is 2.88. The monoisotopic (exact) mass is 487 g/mol. The highest BCUT2D eigenvalue weighted by atomic mass is 16.5. The van der Waals surface area contributed by atoms with Crippen LogP contribution in [-0.2, 0) is 27.4 Å². The summed E-state index contributed by atoms with van der Waals surface area (Å²) < 4.78 is 7.01. The molecular formula is C27H25N3O6. The van der Waals surface area contributed by atoms with E-state index in [4.69, 9.17) is 4.74 Å². The molecule has 0 radical (unpaired) electrons. The number of carbonyl (C=O) groups is 2. The topological polar surface area (TPSA) is 120 Å². The summed E-state index contributed by atoms with van der Waals surface area (Å²) in [7, 11) is 1.18. The van der Waals surface area contributed by atoms with E-state index >= 15 is 0 Å². The van der Waals surface area contributed by atoms with Crippen LogP contribution in [0.2, 0.25) is 0 Å². The third-order valence-electron chi connectivity index (χ3n) is 6.67. The van der Waals surface area contributed by atoms with Crippen LogP contribution in [0, 0.1) is 0 Å². The van der Waals surface area contributed by atoms with Crippen molar-refractivity contribution in [3.63, 3.8) is 0 Å². The van der Waals surface area contributed by atoms with Crippen molar-refractivity contribution in [1.29, 1.82) is 0 Å². The second kappa shape index (κ2) is 9.33. The number of phenols is 1. The van der Waals surface area contributed by atoms with Gasteiger partial charge in [0.2, 0.25) is 0 Å². The molecule has 0 bridgehead atoms. The minimum Gasteiger partial charge on any atom is -0.508 e. The maximum atomic E-state index is 13.8. The number of ketones is 1. The molecule has 2 N–H and O–H groups in total. The first-order valence-electron chi connectivity index (χ1n) is 11.7. The molecule has 3 aromatic rings. The van der Waals surface area contributed by atoms with E-state index in [1.165, 1.54) is 23.8 Å². The molecule has 1 aromatic heterocycles. The molecule has 0 spiro atoms. The highest BCUT2D eigenvalue weighted by Crippen LogP contribution is 2.44. The zero-order chi connectivity index (χ0) is 25.4. The van der Waals surface area contributed by atoms with Crippen molar-refractivity contribution in [2.45, 2.75) is 38.3 Å². The highest BCUT2D eigenvalue weighted by molar-refractivity contribution is 6.01. The van der Waals surface area contributed by atoms with E-state index in [-0.39, 0.29) is 29.5 Å². The number of methoxy groups -OCH3 is 1. The summed E-state index contributed by atoms with van der Waals surface area (Å²) in [6.07, 6.45) is 1.57. The number of anilines is 1. The molecule has 5 rings (SSSR count). The molecule has 0 fully saturated rings. The number of hydrogen-bond donors (Lipinski definition) is 2. The molecule has 0 amide bonds. The second-order valence-corrected chi connectivity index (χ2v) is 8.91. The number of carbonyl (C=O) groups excluding carboxylic acids is 2. The molecule has 184 valence electrons.